The van der Waals surface area contributed by atoms with Crippen LogP contribution in [-0.4, -0.2) is 20.7 Å². The lowest BCUT2D eigenvalue weighted by atomic mass is 10.2. The first-order chi connectivity index (χ1) is 12.6. The fraction of sp³-hybridized carbons (Fsp3) is 0.105. The minimum absolute atomic E-state index is 0.195. The van der Waals surface area contributed by atoms with Gasteiger partial charge in [0.25, 0.3) is 5.91 Å². The monoisotopic (exact) mass is 364 g/mol. The highest BCUT2D eigenvalue weighted by Gasteiger charge is 2.13. The molecule has 6 nitrogen and oxygen atoms in total. The van der Waals surface area contributed by atoms with E-state index < -0.39 is 0 Å². The van der Waals surface area contributed by atoms with E-state index >= 15 is 0 Å². The van der Waals surface area contributed by atoms with Gasteiger partial charge in [-0.25, -0.2) is 9.67 Å². The summed E-state index contributed by atoms with van der Waals surface area (Å²) in [4.78, 5) is 17.2. The number of nitrogens with one attached hydrogen (secondary N) is 1. The first-order valence-corrected chi connectivity index (χ1v) is 8.86. The van der Waals surface area contributed by atoms with Gasteiger partial charge in [0, 0.05) is 11.4 Å². The van der Waals surface area contributed by atoms with Gasteiger partial charge in [0.1, 0.15) is 4.88 Å². The highest BCUT2D eigenvalue weighted by molar-refractivity contribution is 7.17. The van der Waals surface area contributed by atoms with Crippen LogP contribution in [0.3, 0.4) is 0 Å². The van der Waals surface area contributed by atoms with E-state index in [4.69, 9.17) is 4.42 Å². The van der Waals surface area contributed by atoms with Crippen LogP contribution in [0.15, 0.2) is 59.3 Å². The van der Waals surface area contributed by atoms with Crippen LogP contribution in [0, 0.1) is 13.8 Å². The van der Waals surface area contributed by atoms with E-state index in [-0.39, 0.29) is 5.91 Å². The summed E-state index contributed by atoms with van der Waals surface area (Å²) in [6, 6.07) is 13.2. The number of carbonyl (C=O) groups is 1. The van der Waals surface area contributed by atoms with E-state index in [2.05, 4.69) is 15.4 Å². The van der Waals surface area contributed by atoms with Crippen molar-refractivity contribution in [2.75, 3.05) is 5.32 Å². The number of nitrogens with zero attached hydrogens (tertiary/aromatic N) is 3. The molecule has 0 aliphatic carbocycles. The molecule has 0 atom stereocenters. The molecule has 3 heterocycles. The number of anilines is 1. The second kappa shape index (κ2) is 6.61. The molecule has 26 heavy (non-hydrogen) atoms. The Morgan fingerprint density at radius 3 is 2.65 bits per heavy atom. The van der Waals surface area contributed by atoms with Crippen molar-refractivity contribution in [3.63, 3.8) is 0 Å². The number of furan rings is 1. The van der Waals surface area contributed by atoms with E-state index in [0.717, 1.165) is 17.1 Å². The number of benzene rings is 1. The zero-order chi connectivity index (χ0) is 18.1. The molecule has 7 heteroatoms. The van der Waals surface area contributed by atoms with Gasteiger partial charge in [-0.05, 0) is 56.3 Å². The predicted molar refractivity (Wildman–Crippen MR) is 101 cm³/mol. The van der Waals surface area contributed by atoms with Gasteiger partial charge >= 0.3 is 0 Å². The van der Waals surface area contributed by atoms with Gasteiger partial charge < -0.3 is 9.73 Å². The Labute approximate surface area is 154 Å². The summed E-state index contributed by atoms with van der Waals surface area (Å²) < 4.78 is 7.18. The lowest BCUT2D eigenvalue weighted by Crippen LogP contribution is -2.10. The van der Waals surface area contributed by atoms with Crippen molar-refractivity contribution in [3.8, 4) is 16.5 Å². The maximum Gasteiger partial charge on any atom is 0.267 e. The Bertz CT molecular complexity index is 1050. The Morgan fingerprint density at radius 2 is 2.00 bits per heavy atom. The van der Waals surface area contributed by atoms with Gasteiger partial charge in [0.15, 0.2) is 10.8 Å². The second-order valence-electron chi connectivity index (χ2n) is 5.85. The highest BCUT2D eigenvalue weighted by atomic mass is 32.1. The number of aryl methyl sites for hydroxylation is 2. The average Bonchev–Trinajstić information content (AvgIpc) is 3.35. The standard InChI is InChI=1S/C19H16N4O2S/c1-12-10-13(2)23(22-12)15-7-5-14(6-8-15)21-18(24)17-11-20-19(26-17)16-4-3-9-25-16/h3-11H,1-2H3,(H,21,24). The first-order valence-electron chi connectivity index (χ1n) is 8.05. The largest absolute Gasteiger partial charge is 0.462 e. The summed E-state index contributed by atoms with van der Waals surface area (Å²) in [5, 5.41) is 8.03. The van der Waals surface area contributed by atoms with Crippen molar-refractivity contribution in [3.05, 3.63) is 71.2 Å². The Balaban J connectivity index is 1.49. The molecule has 0 aliphatic rings. The second-order valence-corrected chi connectivity index (χ2v) is 6.88. The molecule has 0 radical (unpaired) electrons. The van der Waals surface area contributed by atoms with Gasteiger partial charge in [0.2, 0.25) is 0 Å². The molecular weight excluding hydrogens is 348 g/mol. The Hall–Kier alpha value is -3.19. The van der Waals surface area contributed by atoms with Gasteiger partial charge in [0.05, 0.1) is 23.8 Å². The minimum atomic E-state index is -0.195. The molecule has 130 valence electrons. The zero-order valence-corrected chi connectivity index (χ0v) is 15.1. The molecule has 0 spiro atoms. The third-order valence-electron chi connectivity index (χ3n) is 3.84. The molecule has 0 fully saturated rings. The molecule has 1 amide bonds. The van der Waals surface area contributed by atoms with Crippen molar-refractivity contribution >= 4 is 22.9 Å². The molecule has 3 aromatic heterocycles. The summed E-state index contributed by atoms with van der Waals surface area (Å²) in [5.74, 6) is 0.461. The fourth-order valence-electron chi connectivity index (χ4n) is 2.66. The van der Waals surface area contributed by atoms with E-state index in [1.165, 1.54) is 11.3 Å². The number of amides is 1. The van der Waals surface area contributed by atoms with Gasteiger partial charge in [-0.3, -0.25) is 4.79 Å². The molecule has 0 aliphatic heterocycles. The quantitative estimate of drug-likeness (QED) is 0.580. The zero-order valence-electron chi connectivity index (χ0n) is 14.3. The van der Waals surface area contributed by atoms with Gasteiger partial charge in [-0.2, -0.15) is 5.10 Å². The average molecular weight is 364 g/mol. The van der Waals surface area contributed by atoms with Crippen molar-refractivity contribution in [2.45, 2.75) is 13.8 Å². The number of hydrogen-bond donors (Lipinski definition) is 1. The van der Waals surface area contributed by atoms with Crippen molar-refractivity contribution in [1.82, 2.24) is 14.8 Å². The Morgan fingerprint density at radius 1 is 1.19 bits per heavy atom. The van der Waals surface area contributed by atoms with E-state index in [1.54, 1.807) is 18.5 Å². The topological polar surface area (TPSA) is 73.0 Å². The maximum absolute atomic E-state index is 12.4. The van der Waals surface area contributed by atoms with E-state index in [9.17, 15) is 4.79 Å². The summed E-state index contributed by atoms with van der Waals surface area (Å²) in [5.41, 5.74) is 3.70. The highest BCUT2D eigenvalue weighted by Crippen LogP contribution is 2.26. The molecule has 4 rings (SSSR count). The van der Waals surface area contributed by atoms with Crippen molar-refractivity contribution < 1.29 is 9.21 Å². The molecule has 0 saturated carbocycles. The third kappa shape index (κ3) is 3.16. The number of aromatic nitrogens is 3. The van der Waals surface area contributed by atoms with E-state index in [0.29, 0.717) is 21.3 Å². The molecule has 0 unspecified atom stereocenters. The van der Waals surface area contributed by atoms with E-state index in [1.807, 2.05) is 54.9 Å². The van der Waals surface area contributed by atoms with Crippen LogP contribution in [0.4, 0.5) is 5.69 Å². The van der Waals surface area contributed by atoms with Crippen LogP contribution >= 0.6 is 11.3 Å². The van der Waals surface area contributed by atoms with Crippen LogP contribution in [0.5, 0.6) is 0 Å². The molecule has 1 aromatic carbocycles. The minimum Gasteiger partial charge on any atom is -0.462 e. The molecule has 4 aromatic rings. The van der Waals surface area contributed by atoms with Gasteiger partial charge in [-0.15, -0.1) is 11.3 Å². The predicted octanol–water partition coefficient (Wildman–Crippen LogP) is 4.46. The number of thiazole rings is 1. The summed E-state index contributed by atoms with van der Waals surface area (Å²) >= 11 is 1.29. The third-order valence-corrected chi connectivity index (χ3v) is 4.85. The molecular formula is C19H16N4O2S. The number of carbonyl (C=O) groups excluding carboxylic acids is 1. The number of rotatable bonds is 4. The summed E-state index contributed by atoms with van der Waals surface area (Å²) in [7, 11) is 0. The molecule has 0 bridgehead atoms. The Kier molecular flexibility index (Phi) is 4.14. The van der Waals surface area contributed by atoms with Crippen LogP contribution in [-0.2, 0) is 0 Å². The molecule has 1 N–H and O–H groups in total. The fourth-order valence-corrected chi connectivity index (χ4v) is 3.44. The van der Waals surface area contributed by atoms with Gasteiger partial charge in [-0.1, -0.05) is 0 Å². The van der Waals surface area contributed by atoms with Crippen LogP contribution in [0.2, 0.25) is 0 Å². The van der Waals surface area contributed by atoms with Crippen LogP contribution in [0.25, 0.3) is 16.5 Å². The maximum atomic E-state index is 12.4. The SMILES string of the molecule is Cc1cc(C)n(-c2ccc(NC(=O)c3cnc(-c4ccco4)s3)cc2)n1. The first kappa shape index (κ1) is 16.3. The van der Waals surface area contributed by atoms with Crippen LogP contribution in [0.1, 0.15) is 21.1 Å². The summed E-state index contributed by atoms with van der Waals surface area (Å²) in [6.07, 6.45) is 3.14. The summed E-state index contributed by atoms with van der Waals surface area (Å²) in [6.45, 7) is 3.97. The number of hydrogen-bond acceptors (Lipinski definition) is 5. The molecule has 0 saturated heterocycles. The van der Waals surface area contributed by atoms with Crippen molar-refractivity contribution in [2.24, 2.45) is 0 Å². The van der Waals surface area contributed by atoms with Crippen molar-refractivity contribution in [1.29, 1.82) is 0 Å². The normalized spacial score (nSPS) is 10.8. The van der Waals surface area contributed by atoms with Crippen LogP contribution < -0.4 is 5.32 Å². The lowest BCUT2D eigenvalue weighted by Gasteiger charge is -2.07. The smallest absolute Gasteiger partial charge is 0.267 e. The lowest BCUT2D eigenvalue weighted by molar-refractivity contribution is 0.103.